The highest BCUT2D eigenvalue weighted by atomic mass is 127. The highest BCUT2D eigenvalue weighted by molar-refractivity contribution is 14.1. The molecule has 0 bridgehead atoms. The highest BCUT2D eigenvalue weighted by Gasteiger charge is 2.44. The van der Waals surface area contributed by atoms with Gasteiger partial charge in [0.25, 0.3) is 5.69 Å². The van der Waals surface area contributed by atoms with Gasteiger partial charge in [-0.05, 0) is 24.6 Å². The van der Waals surface area contributed by atoms with Crippen molar-refractivity contribution in [2.24, 2.45) is 0 Å². The summed E-state index contributed by atoms with van der Waals surface area (Å²) in [6.07, 6.45) is -1.21. The molecule has 0 unspecified atom stereocenters. The van der Waals surface area contributed by atoms with Gasteiger partial charge >= 0.3 is 5.97 Å². The molecule has 1 aromatic rings. The summed E-state index contributed by atoms with van der Waals surface area (Å²) in [7, 11) is 0. The average Bonchev–Trinajstić information content (AvgIpc) is 2.81. The van der Waals surface area contributed by atoms with Gasteiger partial charge in [-0.15, -0.1) is 0 Å². The van der Waals surface area contributed by atoms with E-state index in [0.717, 1.165) is 5.56 Å². The fourth-order valence-corrected chi connectivity index (χ4v) is 3.21. The van der Waals surface area contributed by atoms with Crippen molar-refractivity contribution >= 4 is 34.2 Å². The number of nitro groups is 1. The first-order valence-corrected chi connectivity index (χ1v) is 8.68. The van der Waals surface area contributed by atoms with E-state index in [1.165, 1.54) is 19.1 Å². The average molecular weight is 435 g/mol. The molecule has 0 N–H and O–H groups in total. The number of nitro benzene ring substituents is 1. The first kappa shape index (κ1) is 18.1. The summed E-state index contributed by atoms with van der Waals surface area (Å²) < 4.78 is 17.7. The Morgan fingerprint density at radius 1 is 1.35 bits per heavy atom. The Kier molecular flexibility index (Phi) is 6.31. The van der Waals surface area contributed by atoms with Crippen molar-refractivity contribution in [1.82, 2.24) is 0 Å². The minimum atomic E-state index is -0.453. The molecular weight excluding hydrogens is 417 g/mol. The molecule has 1 saturated heterocycles. The minimum absolute atomic E-state index is 0.0366. The van der Waals surface area contributed by atoms with Crippen molar-refractivity contribution in [2.75, 3.05) is 4.43 Å². The third-order valence-corrected chi connectivity index (χ3v) is 4.45. The summed E-state index contributed by atoms with van der Waals surface area (Å²) in [5.74, 6) is -0.372. The van der Waals surface area contributed by atoms with Crippen LogP contribution in [0.3, 0.4) is 0 Å². The number of nitrogens with zero attached hydrogens (tertiary/aromatic N) is 1. The molecule has 1 aliphatic heterocycles. The van der Waals surface area contributed by atoms with Gasteiger partial charge in [0.15, 0.2) is 6.10 Å². The van der Waals surface area contributed by atoms with Crippen LogP contribution in [-0.2, 0) is 25.6 Å². The molecule has 4 atom stereocenters. The number of halogens is 1. The van der Waals surface area contributed by atoms with Crippen LogP contribution in [0.4, 0.5) is 5.69 Å². The molecule has 1 fully saturated rings. The van der Waals surface area contributed by atoms with Crippen LogP contribution in [0.1, 0.15) is 19.4 Å². The lowest BCUT2D eigenvalue weighted by Gasteiger charge is -2.23. The summed E-state index contributed by atoms with van der Waals surface area (Å²) in [5.41, 5.74) is 0.846. The van der Waals surface area contributed by atoms with Crippen LogP contribution in [0.25, 0.3) is 0 Å². The predicted octanol–water partition coefficient (Wildman–Crippen LogP) is 2.63. The molecule has 1 aromatic carbocycles. The van der Waals surface area contributed by atoms with Crippen molar-refractivity contribution in [2.45, 2.75) is 44.9 Å². The lowest BCUT2D eigenvalue weighted by Crippen LogP contribution is -2.38. The zero-order valence-electron chi connectivity index (χ0n) is 12.8. The van der Waals surface area contributed by atoms with Crippen LogP contribution >= 0.6 is 22.6 Å². The molecule has 1 heterocycles. The van der Waals surface area contributed by atoms with Gasteiger partial charge in [-0.1, -0.05) is 22.6 Å². The third kappa shape index (κ3) is 4.61. The van der Waals surface area contributed by atoms with E-state index >= 15 is 0 Å². The molecule has 7 nitrogen and oxygen atoms in total. The van der Waals surface area contributed by atoms with Crippen LogP contribution in [-0.4, -0.2) is 39.7 Å². The summed E-state index contributed by atoms with van der Waals surface area (Å²) in [4.78, 5) is 21.5. The Bertz CT molecular complexity index is 564. The van der Waals surface area contributed by atoms with E-state index in [0.29, 0.717) is 4.43 Å². The predicted molar refractivity (Wildman–Crippen MR) is 90.4 cm³/mol. The van der Waals surface area contributed by atoms with E-state index < -0.39 is 11.0 Å². The number of carbonyl (C=O) groups is 1. The summed E-state index contributed by atoms with van der Waals surface area (Å²) >= 11 is 2.20. The van der Waals surface area contributed by atoms with Crippen LogP contribution < -0.4 is 0 Å². The number of carbonyl (C=O) groups excluding carboxylic acids is 1. The second kappa shape index (κ2) is 8.02. The Hall–Kier alpha value is -1.26. The van der Waals surface area contributed by atoms with Crippen molar-refractivity contribution < 1.29 is 23.9 Å². The zero-order chi connectivity index (χ0) is 17.0. The Morgan fingerprint density at radius 2 is 2.00 bits per heavy atom. The quantitative estimate of drug-likeness (QED) is 0.225. The van der Waals surface area contributed by atoms with Crippen LogP contribution in [0.5, 0.6) is 0 Å². The van der Waals surface area contributed by atoms with E-state index in [1.807, 2.05) is 6.92 Å². The number of alkyl halides is 1. The Balaban J connectivity index is 2.03. The molecule has 0 radical (unpaired) electrons. The maximum absolute atomic E-state index is 11.3. The highest BCUT2D eigenvalue weighted by Crippen LogP contribution is 2.28. The fourth-order valence-electron chi connectivity index (χ4n) is 2.50. The van der Waals surface area contributed by atoms with E-state index in [2.05, 4.69) is 22.6 Å². The topological polar surface area (TPSA) is 87.9 Å². The standard InChI is InChI=1S/C15H18INO6/c1-9-14(23-10(2)18)15(13(7-16)22-9)21-8-11-3-5-12(6-4-11)17(19)20/h3-6,9,13-15H,7-8H2,1-2H3/t9-,13+,14-,15+/m0/s1. The Morgan fingerprint density at radius 3 is 2.52 bits per heavy atom. The van der Waals surface area contributed by atoms with Gasteiger partial charge in [0.2, 0.25) is 0 Å². The van der Waals surface area contributed by atoms with Crippen molar-refractivity contribution in [1.29, 1.82) is 0 Å². The maximum Gasteiger partial charge on any atom is 0.303 e. The number of esters is 1. The molecule has 23 heavy (non-hydrogen) atoms. The van der Waals surface area contributed by atoms with Gasteiger partial charge in [0.1, 0.15) is 6.10 Å². The van der Waals surface area contributed by atoms with Crippen molar-refractivity contribution in [3.05, 3.63) is 39.9 Å². The number of benzene rings is 1. The van der Waals surface area contributed by atoms with Crippen molar-refractivity contribution in [3.8, 4) is 0 Å². The van der Waals surface area contributed by atoms with Gasteiger partial charge in [-0.2, -0.15) is 0 Å². The summed E-state index contributed by atoms with van der Waals surface area (Å²) in [5, 5.41) is 10.7. The first-order valence-electron chi connectivity index (χ1n) is 7.16. The minimum Gasteiger partial charge on any atom is -0.457 e. The molecule has 0 saturated carbocycles. The number of hydrogen-bond acceptors (Lipinski definition) is 6. The second-order valence-corrected chi connectivity index (χ2v) is 6.19. The van der Waals surface area contributed by atoms with E-state index in [1.54, 1.807) is 12.1 Å². The van der Waals surface area contributed by atoms with Gasteiger partial charge in [-0.25, -0.2) is 0 Å². The number of ether oxygens (including phenoxy) is 3. The summed E-state index contributed by atoms with van der Waals surface area (Å²) in [6.45, 7) is 3.48. The molecule has 1 aliphatic rings. The SMILES string of the molecule is CC(=O)O[C@@H]1[C@H](OCc2ccc([N+](=O)[O-])cc2)[C@@H](CI)O[C@H]1C. The number of hydrogen-bond donors (Lipinski definition) is 0. The van der Waals surface area contributed by atoms with Crippen LogP contribution in [0, 0.1) is 10.1 Å². The molecule has 2 rings (SSSR count). The van der Waals surface area contributed by atoms with Gasteiger partial charge < -0.3 is 14.2 Å². The lowest BCUT2D eigenvalue weighted by molar-refractivity contribution is -0.384. The first-order chi connectivity index (χ1) is 10.9. The summed E-state index contributed by atoms with van der Waals surface area (Å²) in [6, 6.07) is 6.17. The normalized spacial score (nSPS) is 26.9. The smallest absolute Gasteiger partial charge is 0.303 e. The van der Waals surface area contributed by atoms with Crippen LogP contribution in [0.15, 0.2) is 24.3 Å². The lowest BCUT2D eigenvalue weighted by atomic mass is 10.1. The monoisotopic (exact) mass is 435 g/mol. The molecule has 0 amide bonds. The number of rotatable bonds is 6. The van der Waals surface area contributed by atoms with Gasteiger partial charge in [0, 0.05) is 23.5 Å². The second-order valence-electron chi connectivity index (χ2n) is 5.31. The van der Waals surface area contributed by atoms with Gasteiger partial charge in [0.05, 0.1) is 23.7 Å². The van der Waals surface area contributed by atoms with Crippen molar-refractivity contribution in [3.63, 3.8) is 0 Å². The molecule has 8 heteroatoms. The third-order valence-electron chi connectivity index (χ3n) is 3.59. The molecule has 0 aliphatic carbocycles. The molecule has 0 spiro atoms. The van der Waals surface area contributed by atoms with Crippen LogP contribution in [0.2, 0.25) is 0 Å². The fraction of sp³-hybridized carbons (Fsp3) is 0.533. The molecule has 126 valence electrons. The molecule has 0 aromatic heterocycles. The van der Waals surface area contributed by atoms with E-state index in [-0.39, 0.29) is 36.6 Å². The maximum atomic E-state index is 11.3. The number of non-ortho nitro benzene ring substituents is 1. The van der Waals surface area contributed by atoms with E-state index in [4.69, 9.17) is 14.2 Å². The molecular formula is C15H18INO6. The Labute approximate surface area is 147 Å². The zero-order valence-corrected chi connectivity index (χ0v) is 15.0. The largest absolute Gasteiger partial charge is 0.457 e. The van der Waals surface area contributed by atoms with Gasteiger partial charge in [-0.3, -0.25) is 14.9 Å². The van der Waals surface area contributed by atoms with E-state index in [9.17, 15) is 14.9 Å².